The van der Waals surface area contributed by atoms with Gasteiger partial charge in [0, 0.05) is 45.0 Å². The Kier molecular flexibility index (Phi) is 5.48. The SMILES string of the molecule is CC(=O)NCC1CNc2c(cccc2S(=O)(=O)Nc2ccc3c(c2)CN(C)C(=O)N3)C1. The molecule has 0 bridgehead atoms. The van der Waals surface area contributed by atoms with Gasteiger partial charge in [0.25, 0.3) is 10.0 Å². The molecule has 2 heterocycles. The van der Waals surface area contributed by atoms with Gasteiger partial charge in [-0.05, 0) is 47.7 Å². The van der Waals surface area contributed by atoms with Gasteiger partial charge in [0.05, 0.1) is 5.69 Å². The van der Waals surface area contributed by atoms with E-state index in [1.807, 2.05) is 6.07 Å². The first-order valence-electron chi connectivity index (χ1n) is 10.0. The molecular weight excluding hydrogens is 418 g/mol. The molecule has 4 N–H and O–H groups in total. The number of sulfonamides is 1. The van der Waals surface area contributed by atoms with E-state index in [9.17, 15) is 18.0 Å². The number of hydrogen-bond acceptors (Lipinski definition) is 5. The predicted octanol–water partition coefficient (Wildman–Crippen LogP) is 2.18. The van der Waals surface area contributed by atoms with Gasteiger partial charge in [-0.2, -0.15) is 0 Å². The lowest BCUT2D eigenvalue weighted by molar-refractivity contribution is -0.119. The van der Waals surface area contributed by atoms with Crippen LogP contribution in [0.15, 0.2) is 41.3 Å². The van der Waals surface area contributed by atoms with Crippen LogP contribution in [0.5, 0.6) is 0 Å². The molecule has 31 heavy (non-hydrogen) atoms. The summed E-state index contributed by atoms with van der Waals surface area (Å²) in [5, 5.41) is 8.82. The fraction of sp³-hybridized carbons (Fsp3) is 0.333. The monoisotopic (exact) mass is 443 g/mol. The Hall–Kier alpha value is -3.27. The van der Waals surface area contributed by atoms with Gasteiger partial charge in [-0.25, -0.2) is 13.2 Å². The molecule has 0 radical (unpaired) electrons. The molecule has 164 valence electrons. The fourth-order valence-corrected chi connectivity index (χ4v) is 5.17. The molecule has 10 heteroatoms. The van der Waals surface area contributed by atoms with Crippen LogP contribution in [-0.4, -0.2) is 45.4 Å². The molecule has 2 aliphatic rings. The molecular formula is C21H25N5O4S. The number of nitrogens with one attached hydrogen (secondary N) is 4. The highest BCUT2D eigenvalue weighted by molar-refractivity contribution is 7.92. The second kappa shape index (κ2) is 8.10. The van der Waals surface area contributed by atoms with E-state index in [0.717, 1.165) is 11.1 Å². The van der Waals surface area contributed by atoms with Gasteiger partial charge >= 0.3 is 6.03 Å². The average molecular weight is 444 g/mol. The fourth-order valence-electron chi connectivity index (χ4n) is 3.89. The number of urea groups is 1. The van der Waals surface area contributed by atoms with Crippen LogP contribution in [0.4, 0.5) is 21.9 Å². The van der Waals surface area contributed by atoms with Crippen LogP contribution in [-0.2, 0) is 27.8 Å². The number of nitrogens with zero attached hydrogens (tertiary/aromatic N) is 1. The molecule has 1 unspecified atom stereocenters. The minimum Gasteiger partial charge on any atom is -0.383 e. The van der Waals surface area contributed by atoms with Crippen LogP contribution < -0.4 is 20.7 Å². The van der Waals surface area contributed by atoms with Gasteiger partial charge in [-0.1, -0.05) is 12.1 Å². The van der Waals surface area contributed by atoms with Crippen LogP contribution in [0.1, 0.15) is 18.1 Å². The summed E-state index contributed by atoms with van der Waals surface area (Å²) in [6.45, 7) is 2.99. The van der Waals surface area contributed by atoms with E-state index < -0.39 is 10.0 Å². The van der Waals surface area contributed by atoms with Crippen molar-refractivity contribution < 1.29 is 18.0 Å². The van der Waals surface area contributed by atoms with Gasteiger partial charge < -0.3 is 20.9 Å². The Bertz CT molecular complexity index is 1150. The van der Waals surface area contributed by atoms with Crippen LogP contribution in [0.2, 0.25) is 0 Å². The number of rotatable bonds is 5. The Morgan fingerprint density at radius 3 is 2.81 bits per heavy atom. The first-order chi connectivity index (χ1) is 14.7. The van der Waals surface area contributed by atoms with E-state index in [-0.39, 0.29) is 22.8 Å². The summed E-state index contributed by atoms with van der Waals surface area (Å²) in [5.74, 6) is 0.109. The minimum absolute atomic E-state index is 0.0814. The number of carbonyl (C=O) groups is 2. The highest BCUT2D eigenvalue weighted by atomic mass is 32.2. The summed E-state index contributed by atoms with van der Waals surface area (Å²) in [5.41, 5.74) is 3.44. The van der Waals surface area contributed by atoms with Crippen molar-refractivity contribution in [1.82, 2.24) is 10.2 Å². The highest BCUT2D eigenvalue weighted by Gasteiger charge is 2.27. The Labute approximate surface area is 181 Å². The summed E-state index contributed by atoms with van der Waals surface area (Å²) in [6, 6.07) is 10.1. The molecule has 0 saturated heterocycles. The third-order valence-electron chi connectivity index (χ3n) is 5.47. The maximum absolute atomic E-state index is 13.2. The van der Waals surface area contributed by atoms with Crippen molar-refractivity contribution >= 4 is 39.0 Å². The van der Waals surface area contributed by atoms with E-state index in [0.29, 0.717) is 43.1 Å². The van der Waals surface area contributed by atoms with Crippen molar-refractivity contribution in [3.05, 3.63) is 47.5 Å². The van der Waals surface area contributed by atoms with Crippen molar-refractivity contribution in [2.75, 3.05) is 35.5 Å². The first-order valence-corrected chi connectivity index (χ1v) is 11.5. The molecule has 2 aliphatic heterocycles. The zero-order valence-corrected chi connectivity index (χ0v) is 18.2. The molecule has 4 rings (SSSR count). The molecule has 0 aliphatic carbocycles. The van der Waals surface area contributed by atoms with Crippen molar-refractivity contribution in [3.8, 4) is 0 Å². The van der Waals surface area contributed by atoms with Crippen molar-refractivity contribution in [2.24, 2.45) is 5.92 Å². The van der Waals surface area contributed by atoms with Crippen molar-refractivity contribution in [2.45, 2.75) is 24.8 Å². The smallest absolute Gasteiger partial charge is 0.321 e. The van der Waals surface area contributed by atoms with E-state index in [4.69, 9.17) is 0 Å². The normalized spacial score (nSPS) is 17.7. The topological polar surface area (TPSA) is 120 Å². The zero-order valence-electron chi connectivity index (χ0n) is 17.4. The summed E-state index contributed by atoms with van der Waals surface area (Å²) in [7, 11) is -2.16. The standard InChI is InChI=1S/C21H25N5O4S/c1-13(27)22-10-14-8-15-4-3-5-19(20(15)23-11-14)31(29,30)25-17-6-7-18-16(9-17)12-26(2)21(28)24-18/h3-7,9,14,23,25H,8,10-12H2,1-2H3,(H,22,27)(H,24,28). The van der Waals surface area contributed by atoms with Gasteiger partial charge in [0.2, 0.25) is 5.91 Å². The number of benzene rings is 2. The summed E-state index contributed by atoms with van der Waals surface area (Å²) in [6.07, 6.45) is 0.677. The average Bonchev–Trinajstić information content (AvgIpc) is 2.72. The molecule has 0 saturated carbocycles. The minimum atomic E-state index is -3.83. The third-order valence-corrected chi connectivity index (χ3v) is 6.89. The number of hydrogen-bond donors (Lipinski definition) is 4. The molecule has 9 nitrogen and oxygen atoms in total. The van der Waals surface area contributed by atoms with Crippen LogP contribution in [0.3, 0.4) is 0 Å². The molecule has 1 atom stereocenters. The number of anilines is 3. The van der Waals surface area contributed by atoms with E-state index in [2.05, 4.69) is 20.7 Å². The number of fused-ring (bicyclic) bond motifs is 2. The largest absolute Gasteiger partial charge is 0.383 e. The number of carbonyl (C=O) groups excluding carboxylic acids is 2. The molecule has 3 amide bonds. The van der Waals surface area contributed by atoms with Gasteiger partial charge in [-0.15, -0.1) is 0 Å². The van der Waals surface area contributed by atoms with E-state index >= 15 is 0 Å². The van der Waals surface area contributed by atoms with Crippen molar-refractivity contribution in [1.29, 1.82) is 0 Å². The lowest BCUT2D eigenvalue weighted by atomic mass is 9.94. The maximum atomic E-state index is 13.2. The van der Waals surface area contributed by atoms with Crippen molar-refractivity contribution in [3.63, 3.8) is 0 Å². The summed E-state index contributed by atoms with van der Waals surface area (Å²) >= 11 is 0. The predicted molar refractivity (Wildman–Crippen MR) is 119 cm³/mol. The second-order valence-electron chi connectivity index (χ2n) is 7.94. The maximum Gasteiger partial charge on any atom is 0.321 e. The molecule has 0 aromatic heterocycles. The Morgan fingerprint density at radius 1 is 1.23 bits per heavy atom. The molecule has 0 spiro atoms. The summed E-state index contributed by atoms with van der Waals surface area (Å²) in [4.78, 5) is 24.6. The second-order valence-corrected chi connectivity index (χ2v) is 9.59. The zero-order chi connectivity index (χ0) is 22.2. The first kappa shape index (κ1) is 21.0. The van der Waals surface area contributed by atoms with Gasteiger partial charge in [0.1, 0.15) is 4.90 Å². The Balaban J connectivity index is 1.55. The highest BCUT2D eigenvalue weighted by Crippen LogP contribution is 2.33. The van der Waals surface area contributed by atoms with Crippen LogP contribution >= 0.6 is 0 Å². The lowest BCUT2D eigenvalue weighted by Gasteiger charge is -2.28. The Morgan fingerprint density at radius 2 is 2.03 bits per heavy atom. The quantitative estimate of drug-likeness (QED) is 0.565. The third kappa shape index (κ3) is 4.43. The number of amides is 3. The van der Waals surface area contributed by atoms with E-state index in [1.54, 1.807) is 37.4 Å². The van der Waals surface area contributed by atoms with Crippen LogP contribution in [0.25, 0.3) is 0 Å². The number of para-hydroxylation sites is 1. The molecule has 2 aromatic rings. The lowest BCUT2D eigenvalue weighted by Crippen LogP contribution is -2.35. The molecule has 2 aromatic carbocycles. The van der Waals surface area contributed by atoms with Gasteiger partial charge in [-0.3, -0.25) is 9.52 Å². The molecule has 0 fully saturated rings. The van der Waals surface area contributed by atoms with Gasteiger partial charge in [0.15, 0.2) is 0 Å². The van der Waals surface area contributed by atoms with E-state index in [1.165, 1.54) is 11.8 Å². The summed E-state index contributed by atoms with van der Waals surface area (Å²) < 4.78 is 29.0. The van der Waals surface area contributed by atoms with Crippen LogP contribution in [0, 0.1) is 5.92 Å².